The van der Waals surface area contributed by atoms with Gasteiger partial charge in [-0.2, -0.15) is 10.2 Å². The molecule has 9 heteroatoms. The Balaban J connectivity index is 1.56. The first kappa shape index (κ1) is 21.2. The zero-order chi connectivity index (χ0) is 22.0. The zero-order valence-corrected chi connectivity index (χ0v) is 17.9. The summed E-state index contributed by atoms with van der Waals surface area (Å²) in [4.78, 5) is 9.02. The summed E-state index contributed by atoms with van der Waals surface area (Å²) in [6.45, 7) is 7.18. The highest BCUT2D eigenvalue weighted by Crippen LogP contribution is 2.37. The van der Waals surface area contributed by atoms with Gasteiger partial charge in [-0.25, -0.2) is 4.98 Å². The first-order chi connectivity index (χ1) is 14.9. The van der Waals surface area contributed by atoms with E-state index in [1.807, 2.05) is 25.1 Å². The van der Waals surface area contributed by atoms with Crippen LogP contribution in [0.3, 0.4) is 0 Å². The van der Waals surface area contributed by atoms with Crippen LogP contribution in [0.25, 0.3) is 5.57 Å². The molecule has 31 heavy (non-hydrogen) atoms. The van der Waals surface area contributed by atoms with Crippen LogP contribution in [0, 0.1) is 30.1 Å². The van der Waals surface area contributed by atoms with Crippen molar-refractivity contribution in [2.24, 2.45) is 11.8 Å². The van der Waals surface area contributed by atoms with Gasteiger partial charge in [-0.15, -0.1) is 0 Å². The molecule has 0 saturated carbocycles. The van der Waals surface area contributed by atoms with E-state index in [1.165, 1.54) is 0 Å². The molecule has 0 bridgehead atoms. The molecular weight excluding hydrogens is 393 g/mol. The van der Waals surface area contributed by atoms with Crippen LogP contribution in [0.15, 0.2) is 30.4 Å². The molecule has 1 fully saturated rings. The normalized spacial score (nSPS) is 20.4. The maximum Gasteiger partial charge on any atom is 0.552 e. The zero-order valence-electron chi connectivity index (χ0n) is 17.9. The number of nitrogens with zero attached hydrogens (tertiary/aromatic N) is 3. The Bertz CT molecular complexity index is 1040. The summed E-state index contributed by atoms with van der Waals surface area (Å²) in [5, 5.41) is 26.0. The van der Waals surface area contributed by atoms with Crippen molar-refractivity contribution >= 4 is 30.1 Å². The van der Waals surface area contributed by atoms with Crippen molar-refractivity contribution in [2.75, 3.05) is 23.8 Å². The van der Waals surface area contributed by atoms with Crippen molar-refractivity contribution in [3.05, 3.63) is 41.5 Å². The first-order valence-corrected chi connectivity index (χ1v) is 10.5. The Kier molecular flexibility index (Phi) is 6.12. The van der Waals surface area contributed by atoms with Crippen molar-refractivity contribution in [3.8, 4) is 11.8 Å². The quantitative estimate of drug-likeness (QED) is 0.633. The van der Waals surface area contributed by atoms with E-state index in [0.29, 0.717) is 37.2 Å². The second-order valence-corrected chi connectivity index (χ2v) is 8.20. The van der Waals surface area contributed by atoms with E-state index in [9.17, 15) is 10.3 Å². The van der Waals surface area contributed by atoms with Crippen LogP contribution in [0.4, 0.5) is 17.5 Å². The fraction of sp³-hybridized carbons (Fsp3) is 0.409. The number of hydrogen-bond acceptors (Lipinski definition) is 8. The number of nitriles is 1. The highest BCUT2D eigenvalue weighted by atomic mass is 16.5. The molecule has 1 aromatic heterocycles. The molecule has 3 heterocycles. The number of benzene rings is 1. The Morgan fingerprint density at radius 2 is 2.19 bits per heavy atom. The van der Waals surface area contributed by atoms with E-state index in [2.05, 4.69) is 40.5 Å². The minimum Gasteiger partial charge on any atom is -0.532 e. The molecule has 2 aliphatic heterocycles. The molecule has 3 N–H and O–H groups in total. The Labute approximate surface area is 182 Å². The first-order valence-electron chi connectivity index (χ1n) is 10.5. The van der Waals surface area contributed by atoms with Crippen LogP contribution in [-0.2, 0) is 4.74 Å². The van der Waals surface area contributed by atoms with E-state index < -0.39 is 7.12 Å². The van der Waals surface area contributed by atoms with Gasteiger partial charge in [0.15, 0.2) is 0 Å². The molecule has 2 aliphatic rings. The van der Waals surface area contributed by atoms with Crippen molar-refractivity contribution in [1.82, 2.24) is 9.97 Å². The maximum absolute atomic E-state index is 9.94. The lowest BCUT2D eigenvalue weighted by Gasteiger charge is -2.28. The van der Waals surface area contributed by atoms with Crippen LogP contribution in [0.5, 0.6) is 5.75 Å². The Hall–Kier alpha value is -3.09. The van der Waals surface area contributed by atoms with Crippen molar-refractivity contribution < 1.29 is 14.4 Å². The molecule has 2 aromatic rings. The molecule has 0 spiro atoms. The van der Waals surface area contributed by atoms with Crippen molar-refractivity contribution in [2.45, 2.75) is 33.2 Å². The van der Waals surface area contributed by atoms with Gasteiger partial charge in [0.1, 0.15) is 11.6 Å². The van der Waals surface area contributed by atoms with E-state index in [-0.39, 0.29) is 17.9 Å². The number of nitrogens with one attached hydrogen (secondary N) is 2. The fourth-order valence-electron chi connectivity index (χ4n) is 3.83. The summed E-state index contributed by atoms with van der Waals surface area (Å²) in [5.74, 6) is 3.64. The fourth-order valence-corrected chi connectivity index (χ4v) is 3.83. The highest BCUT2D eigenvalue weighted by molar-refractivity contribution is 6.52. The molecule has 4 rings (SSSR count). The third kappa shape index (κ3) is 4.65. The number of anilines is 3. The molecule has 0 amide bonds. The molecular formula is C22H26BN5O3. The predicted molar refractivity (Wildman–Crippen MR) is 120 cm³/mol. The van der Waals surface area contributed by atoms with E-state index in [0.717, 1.165) is 22.4 Å². The van der Waals surface area contributed by atoms with Gasteiger partial charge in [0.2, 0.25) is 5.95 Å². The number of ether oxygens (including phenoxy) is 1. The molecule has 8 nitrogen and oxygen atoms in total. The second kappa shape index (κ2) is 8.96. The van der Waals surface area contributed by atoms with Crippen LogP contribution >= 0.6 is 0 Å². The Morgan fingerprint density at radius 3 is 2.97 bits per heavy atom. The summed E-state index contributed by atoms with van der Waals surface area (Å²) in [6.07, 6.45) is 2.46. The molecule has 1 saturated heterocycles. The maximum atomic E-state index is 9.94. The van der Waals surface area contributed by atoms with Gasteiger partial charge in [0.25, 0.3) is 0 Å². The molecule has 1 aromatic carbocycles. The SMILES string of the molecule is Cc1cnc(Nc2ccc3c(c2)C(C(C)C)=CB(O)O3)nc1N[C@H]1COCCC1C#N. The van der Waals surface area contributed by atoms with Crippen LogP contribution < -0.4 is 15.3 Å². The number of aromatic nitrogens is 2. The van der Waals surface area contributed by atoms with Crippen molar-refractivity contribution in [1.29, 1.82) is 5.26 Å². The van der Waals surface area contributed by atoms with Gasteiger partial charge < -0.3 is 25.0 Å². The number of aryl methyl sites for hydroxylation is 1. The van der Waals surface area contributed by atoms with Crippen LogP contribution in [0.1, 0.15) is 31.4 Å². The summed E-state index contributed by atoms with van der Waals surface area (Å²) >= 11 is 0. The van der Waals surface area contributed by atoms with Gasteiger partial charge in [-0.1, -0.05) is 13.8 Å². The standard InChI is InChI=1S/C22H26BN5O3/c1-13(2)18-9-23(29)31-20-5-4-16(8-17(18)20)26-22-25-11-14(3)21(28-22)27-19-12-30-7-6-15(19)10-24/h4-5,8-9,11,13,15,19,29H,6-7,12H2,1-3H3,(H2,25,26,27,28)/t15?,19-/m0/s1. The third-order valence-electron chi connectivity index (χ3n) is 5.55. The molecule has 160 valence electrons. The average molecular weight is 419 g/mol. The minimum absolute atomic E-state index is 0.105. The van der Waals surface area contributed by atoms with Gasteiger partial charge in [-0.05, 0) is 49.0 Å². The lowest BCUT2D eigenvalue weighted by atomic mass is 9.78. The van der Waals surface area contributed by atoms with E-state index >= 15 is 0 Å². The van der Waals surface area contributed by atoms with Gasteiger partial charge in [0, 0.05) is 29.6 Å². The summed E-state index contributed by atoms with van der Waals surface area (Å²) in [5.41, 5.74) is 3.68. The van der Waals surface area contributed by atoms with Crippen LogP contribution in [0.2, 0.25) is 0 Å². The smallest absolute Gasteiger partial charge is 0.532 e. The number of hydrogen-bond donors (Lipinski definition) is 3. The predicted octanol–water partition coefficient (Wildman–Crippen LogP) is 3.32. The lowest BCUT2D eigenvalue weighted by Crippen LogP contribution is -2.38. The molecule has 0 radical (unpaired) electrons. The summed E-state index contributed by atoms with van der Waals surface area (Å²) in [7, 11) is -0.932. The number of allylic oxidation sites excluding steroid dienone is 1. The minimum atomic E-state index is -0.932. The average Bonchev–Trinajstić information content (AvgIpc) is 2.76. The summed E-state index contributed by atoms with van der Waals surface area (Å²) in [6, 6.07) is 7.93. The molecule has 0 aliphatic carbocycles. The monoisotopic (exact) mass is 419 g/mol. The Morgan fingerprint density at radius 1 is 1.35 bits per heavy atom. The lowest BCUT2D eigenvalue weighted by molar-refractivity contribution is 0.0698. The van der Waals surface area contributed by atoms with E-state index in [4.69, 9.17) is 9.39 Å². The van der Waals surface area contributed by atoms with Gasteiger partial charge in [-0.3, -0.25) is 0 Å². The summed E-state index contributed by atoms with van der Waals surface area (Å²) < 4.78 is 11.1. The second-order valence-electron chi connectivity index (χ2n) is 8.20. The third-order valence-corrected chi connectivity index (χ3v) is 5.55. The molecule has 2 atom stereocenters. The largest absolute Gasteiger partial charge is 0.552 e. The topological polar surface area (TPSA) is 112 Å². The van der Waals surface area contributed by atoms with Gasteiger partial charge >= 0.3 is 7.12 Å². The van der Waals surface area contributed by atoms with Crippen molar-refractivity contribution in [3.63, 3.8) is 0 Å². The number of fused-ring (bicyclic) bond motifs is 1. The number of rotatable bonds is 5. The van der Waals surface area contributed by atoms with E-state index in [1.54, 1.807) is 12.2 Å². The van der Waals surface area contributed by atoms with Crippen LogP contribution in [-0.4, -0.2) is 41.4 Å². The van der Waals surface area contributed by atoms with Gasteiger partial charge in [0.05, 0.1) is 24.6 Å². The molecule has 1 unspecified atom stereocenters. The highest BCUT2D eigenvalue weighted by Gasteiger charge is 2.27.